The Balaban J connectivity index is 1.41. The molecule has 25 heavy (non-hydrogen) atoms. The predicted octanol–water partition coefficient (Wildman–Crippen LogP) is 1.55. The zero-order valence-corrected chi connectivity index (χ0v) is 15.4. The van der Waals surface area contributed by atoms with Crippen LogP contribution >= 0.6 is 0 Å². The van der Waals surface area contributed by atoms with Crippen molar-refractivity contribution in [1.82, 2.24) is 20.2 Å². The Morgan fingerprint density at radius 2 is 1.88 bits per heavy atom. The van der Waals surface area contributed by atoms with E-state index in [-0.39, 0.29) is 0 Å². The van der Waals surface area contributed by atoms with Crippen LogP contribution in [0.4, 0.5) is 5.82 Å². The highest BCUT2D eigenvalue weighted by molar-refractivity contribution is 5.41. The topological polar surface area (TPSA) is 53.5 Å². The number of aromatic nitrogens is 2. The first-order valence-corrected chi connectivity index (χ1v) is 9.92. The maximum atomic E-state index is 5.51. The van der Waals surface area contributed by atoms with Gasteiger partial charge in [-0.2, -0.15) is 0 Å². The number of nitrogens with one attached hydrogen (secondary N) is 1. The molecule has 6 heteroatoms. The van der Waals surface area contributed by atoms with Crippen molar-refractivity contribution in [2.75, 3.05) is 57.4 Å². The van der Waals surface area contributed by atoms with E-state index in [2.05, 4.69) is 21.2 Å². The number of hydrogen-bond acceptors (Lipinski definition) is 6. The fourth-order valence-electron chi connectivity index (χ4n) is 4.42. The van der Waals surface area contributed by atoms with Crippen molar-refractivity contribution in [2.24, 2.45) is 0 Å². The number of piperazine rings is 1. The number of anilines is 1. The highest BCUT2D eigenvalue weighted by Crippen LogP contribution is 2.25. The maximum Gasteiger partial charge on any atom is 0.132 e. The van der Waals surface area contributed by atoms with Crippen molar-refractivity contribution in [2.45, 2.75) is 44.6 Å². The van der Waals surface area contributed by atoms with Gasteiger partial charge in [-0.3, -0.25) is 4.90 Å². The summed E-state index contributed by atoms with van der Waals surface area (Å²) in [5, 5.41) is 3.50. The van der Waals surface area contributed by atoms with Crippen molar-refractivity contribution in [1.29, 1.82) is 0 Å². The summed E-state index contributed by atoms with van der Waals surface area (Å²) in [4.78, 5) is 14.6. The maximum absolute atomic E-state index is 5.51. The van der Waals surface area contributed by atoms with Crippen LogP contribution in [0, 0.1) is 6.92 Å². The number of piperidine rings is 1. The van der Waals surface area contributed by atoms with E-state index in [1.807, 2.05) is 6.92 Å². The van der Waals surface area contributed by atoms with Gasteiger partial charge in [0.05, 0.1) is 5.69 Å². The first-order valence-electron chi connectivity index (χ1n) is 9.92. The van der Waals surface area contributed by atoms with Crippen LogP contribution in [0.15, 0.2) is 6.07 Å². The van der Waals surface area contributed by atoms with Gasteiger partial charge >= 0.3 is 0 Å². The molecule has 0 saturated carbocycles. The minimum Gasteiger partial charge on any atom is -0.381 e. The molecule has 6 nitrogen and oxygen atoms in total. The Labute approximate surface area is 151 Å². The second-order valence-electron chi connectivity index (χ2n) is 7.61. The molecule has 1 aromatic heterocycles. The molecule has 0 amide bonds. The average molecular weight is 345 g/mol. The molecule has 1 aromatic rings. The van der Waals surface area contributed by atoms with Crippen molar-refractivity contribution in [3.05, 3.63) is 17.6 Å². The second kappa shape index (κ2) is 7.98. The Kier molecular flexibility index (Phi) is 5.48. The Morgan fingerprint density at radius 1 is 1.08 bits per heavy atom. The van der Waals surface area contributed by atoms with Crippen LogP contribution < -0.4 is 10.2 Å². The van der Waals surface area contributed by atoms with Gasteiger partial charge in [0, 0.05) is 64.0 Å². The van der Waals surface area contributed by atoms with E-state index in [1.165, 1.54) is 31.4 Å². The molecule has 0 aliphatic carbocycles. The zero-order valence-electron chi connectivity index (χ0n) is 15.4. The lowest BCUT2D eigenvalue weighted by Crippen LogP contribution is -2.52. The van der Waals surface area contributed by atoms with Gasteiger partial charge < -0.3 is 15.0 Å². The molecule has 138 valence electrons. The summed E-state index contributed by atoms with van der Waals surface area (Å²) in [6.45, 7) is 10.5. The number of nitrogens with zero attached hydrogens (tertiary/aromatic N) is 4. The highest BCUT2D eigenvalue weighted by atomic mass is 16.5. The van der Waals surface area contributed by atoms with Gasteiger partial charge in [0.15, 0.2) is 0 Å². The lowest BCUT2D eigenvalue weighted by molar-refractivity contribution is 0.0321. The van der Waals surface area contributed by atoms with E-state index in [9.17, 15) is 0 Å². The van der Waals surface area contributed by atoms with Crippen LogP contribution in [0.3, 0.4) is 0 Å². The van der Waals surface area contributed by atoms with Crippen molar-refractivity contribution in [3.8, 4) is 0 Å². The molecule has 1 N–H and O–H groups in total. The van der Waals surface area contributed by atoms with Gasteiger partial charge in [0.2, 0.25) is 0 Å². The predicted molar refractivity (Wildman–Crippen MR) is 99.2 cm³/mol. The Bertz CT molecular complexity index is 561. The molecule has 4 rings (SSSR count). The van der Waals surface area contributed by atoms with E-state index in [0.717, 1.165) is 64.1 Å². The third-order valence-corrected chi connectivity index (χ3v) is 5.90. The Hall–Kier alpha value is -1.24. The molecule has 3 fully saturated rings. The van der Waals surface area contributed by atoms with Gasteiger partial charge in [0.25, 0.3) is 0 Å². The molecule has 0 radical (unpaired) electrons. The van der Waals surface area contributed by atoms with Gasteiger partial charge in [-0.15, -0.1) is 0 Å². The van der Waals surface area contributed by atoms with E-state index in [0.29, 0.717) is 12.0 Å². The van der Waals surface area contributed by atoms with Gasteiger partial charge in [-0.25, -0.2) is 9.97 Å². The summed E-state index contributed by atoms with van der Waals surface area (Å²) in [7, 11) is 0. The van der Waals surface area contributed by atoms with Crippen LogP contribution in [0.1, 0.15) is 43.1 Å². The molecular weight excluding hydrogens is 314 g/mol. The fraction of sp³-hybridized carbons (Fsp3) is 0.789. The molecule has 0 aromatic carbocycles. The quantitative estimate of drug-likeness (QED) is 0.897. The van der Waals surface area contributed by atoms with E-state index < -0.39 is 0 Å². The third-order valence-electron chi connectivity index (χ3n) is 5.90. The summed E-state index contributed by atoms with van der Waals surface area (Å²) < 4.78 is 5.51. The van der Waals surface area contributed by atoms with Gasteiger partial charge in [0.1, 0.15) is 11.6 Å². The molecule has 0 spiro atoms. The van der Waals surface area contributed by atoms with Crippen molar-refractivity contribution in [3.63, 3.8) is 0 Å². The summed E-state index contributed by atoms with van der Waals surface area (Å²) >= 11 is 0. The molecular formula is C19H31N5O. The molecule has 3 saturated heterocycles. The lowest BCUT2D eigenvalue weighted by Gasteiger charge is -2.41. The smallest absolute Gasteiger partial charge is 0.132 e. The molecule has 4 heterocycles. The number of ether oxygens (including phenoxy) is 1. The van der Waals surface area contributed by atoms with Gasteiger partial charge in [-0.05, 0) is 39.2 Å². The number of aryl methyl sites for hydroxylation is 1. The minimum atomic E-state index is 0.540. The third kappa shape index (κ3) is 4.13. The summed E-state index contributed by atoms with van der Waals surface area (Å²) in [6, 6.07) is 2.96. The van der Waals surface area contributed by atoms with Crippen LogP contribution in [-0.2, 0) is 4.74 Å². The Morgan fingerprint density at radius 3 is 2.60 bits per heavy atom. The van der Waals surface area contributed by atoms with Crippen LogP contribution in [0.5, 0.6) is 0 Å². The zero-order chi connectivity index (χ0) is 17.1. The highest BCUT2D eigenvalue weighted by Gasteiger charge is 2.26. The summed E-state index contributed by atoms with van der Waals surface area (Å²) in [5.74, 6) is 2.57. The van der Waals surface area contributed by atoms with E-state index >= 15 is 0 Å². The van der Waals surface area contributed by atoms with Crippen LogP contribution in [0.2, 0.25) is 0 Å². The average Bonchev–Trinajstić information content (AvgIpc) is 2.69. The van der Waals surface area contributed by atoms with Crippen molar-refractivity contribution >= 4 is 5.82 Å². The molecule has 3 aliphatic rings. The molecule has 1 atom stereocenters. The summed E-state index contributed by atoms with van der Waals surface area (Å²) in [6.07, 6.45) is 4.85. The normalized spacial score (nSPS) is 26.8. The van der Waals surface area contributed by atoms with Crippen LogP contribution in [-0.4, -0.2) is 73.4 Å². The van der Waals surface area contributed by atoms with Gasteiger partial charge in [-0.1, -0.05) is 0 Å². The number of hydrogen-bond donors (Lipinski definition) is 1. The van der Waals surface area contributed by atoms with E-state index in [1.54, 1.807) is 0 Å². The first kappa shape index (κ1) is 17.2. The minimum absolute atomic E-state index is 0.540. The standard InChI is InChI=1S/C19H31N5O/c1-15-21-18(16-3-2-6-20-14-16)13-19(22-15)24-9-7-23(8-10-24)17-4-11-25-12-5-17/h13,16-17,20H,2-12,14H2,1H3/t16-/m0/s1. The van der Waals surface area contributed by atoms with Crippen LogP contribution in [0.25, 0.3) is 0 Å². The van der Waals surface area contributed by atoms with E-state index in [4.69, 9.17) is 14.7 Å². The first-order chi connectivity index (χ1) is 12.3. The molecule has 0 unspecified atom stereocenters. The second-order valence-corrected chi connectivity index (χ2v) is 7.61. The lowest BCUT2D eigenvalue weighted by atomic mass is 9.96. The fourth-order valence-corrected chi connectivity index (χ4v) is 4.42. The van der Waals surface area contributed by atoms with Crippen molar-refractivity contribution < 1.29 is 4.74 Å². The largest absolute Gasteiger partial charge is 0.381 e. The molecule has 0 bridgehead atoms. The summed E-state index contributed by atoms with van der Waals surface area (Å²) in [5.41, 5.74) is 1.22. The SMILES string of the molecule is Cc1nc([C@H]2CCCNC2)cc(N2CCN(C3CCOCC3)CC2)n1. The molecule has 3 aliphatic heterocycles. The number of rotatable bonds is 3. The monoisotopic (exact) mass is 345 g/mol.